The van der Waals surface area contributed by atoms with Crippen molar-refractivity contribution in [3.05, 3.63) is 30.0 Å². The number of hydrogen-bond acceptors (Lipinski definition) is 5. The minimum Gasteiger partial charge on any atom is -0.453 e. The molecule has 6 heteroatoms. The second kappa shape index (κ2) is 7.04. The molecule has 4 rings (SSSR count). The molecule has 0 radical (unpaired) electrons. The van der Waals surface area contributed by atoms with Gasteiger partial charge in [0.15, 0.2) is 5.58 Å². The number of ether oxygens (including phenoxy) is 1. The smallest absolute Gasteiger partial charge is 0.409 e. The van der Waals surface area contributed by atoms with Crippen molar-refractivity contribution in [2.24, 2.45) is 0 Å². The molecular weight excluding hydrogens is 318 g/mol. The second-order valence-electron chi connectivity index (χ2n) is 7.06. The number of hydrogen-bond donors (Lipinski definition) is 0. The van der Waals surface area contributed by atoms with Crippen LogP contribution in [0.15, 0.2) is 28.8 Å². The highest BCUT2D eigenvalue weighted by molar-refractivity contribution is 5.79. The standard InChI is InChI=1S/C19H25N3O3/c1-24-19(23)22-12-8-15(9-13-22)21-10-6-14(7-11-21)18-16-4-2-3-5-17(16)25-20-18/h2-5,14-15H,6-13H2,1H3. The Morgan fingerprint density at radius 2 is 1.84 bits per heavy atom. The summed E-state index contributed by atoms with van der Waals surface area (Å²) in [5.74, 6) is 0.482. The van der Waals surface area contributed by atoms with Crippen molar-refractivity contribution in [2.75, 3.05) is 33.3 Å². The molecule has 0 aliphatic carbocycles. The predicted octanol–water partition coefficient (Wildman–Crippen LogP) is 3.24. The number of amides is 1. The molecule has 134 valence electrons. The number of benzene rings is 1. The van der Waals surface area contributed by atoms with Gasteiger partial charge in [0, 0.05) is 30.4 Å². The van der Waals surface area contributed by atoms with Crippen LogP contribution in [0.1, 0.15) is 37.3 Å². The topological polar surface area (TPSA) is 58.8 Å². The highest BCUT2D eigenvalue weighted by atomic mass is 16.5. The zero-order valence-electron chi connectivity index (χ0n) is 14.7. The lowest BCUT2D eigenvalue weighted by atomic mass is 9.90. The minimum absolute atomic E-state index is 0.199. The third-order valence-corrected chi connectivity index (χ3v) is 5.74. The van der Waals surface area contributed by atoms with Gasteiger partial charge >= 0.3 is 6.09 Å². The molecular formula is C19H25N3O3. The summed E-state index contributed by atoms with van der Waals surface area (Å²) in [4.78, 5) is 16.0. The maximum atomic E-state index is 11.6. The first-order valence-electron chi connectivity index (χ1n) is 9.17. The molecule has 0 atom stereocenters. The lowest BCUT2D eigenvalue weighted by Gasteiger charge is -2.41. The van der Waals surface area contributed by atoms with Gasteiger partial charge in [0.2, 0.25) is 0 Å². The summed E-state index contributed by atoms with van der Waals surface area (Å²) in [6.07, 6.45) is 4.11. The molecule has 3 heterocycles. The molecule has 1 aromatic heterocycles. The molecule has 2 fully saturated rings. The average molecular weight is 343 g/mol. The van der Waals surface area contributed by atoms with Crippen molar-refractivity contribution in [1.29, 1.82) is 0 Å². The summed E-state index contributed by atoms with van der Waals surface area (Å²) in [5, 5.41) is 5.50. The van der Waals surface area contributed by atoms with Crippen molar-refractivity contribution in [2.45, 2.75) is 37.6 Å². The van der Waals surface area contributed by atoms with Gasteiger partial charge in [0.1, 0.15) is 0 Å². The van der Waals surface area contributed by atoms with E-state index < -0.39 is 0 Å². The van der Waals surface area contributed by atoms with Crippen LogP contribution in [-0.2, 0) is 4.74 Å². The number of para-hydroxylation sites is 1. The van der Waals surface area contributed by atoms with Gasteiger partial charge in [-0.1, -0.05) is 17.3 Å². The van der Waals surface area contributed by atoms with E-state index in [4.69, 9.17) is 9.26 Å². The highest BCUT2D eigenvalue weighted by Crippen LogP contribution is 2.33. The molecule has 0 bridgehead atoms. The Morgan fingerprint density at radius 3 is 2.56 bits per heavy atom. The number of rotatable bonds is 2. The Labute approximate surface area is 147 Å². The third-order valence-electron chi connectivity index (χ3n) is 5.74. The number of methoxy groups -OCH3 is 1. The Balaban J connectivity index is 1.34. The lowest BCUT2D eigenvalue weighted by Crippen LogP contribution is -2.48. The molecule has 0 unspecified atom stereocenters. The van der Waals surface area contributed by atoms with E-state index in [1.807, 2.05) is 23.1 Å². The number of fused-ring (bicyclic) bond motifs is 1. The summed E-state index contributed by atoms with van der Waals surface area (Å²) in [6, 6.07) is 8.70. The van der Waals surface area contributed by atoms with Crippen molar-refractivity contribution in [3.63, 3.8) is 0 Å². The van der Waals surface area contributed by atoms with Gasteiger partial charge < -0.3 is 19.1 Å². The first-order chi connectivity index (χ1) is 12.3. The van der Waals surface area contributed by atoms with Crippen molar-refractivity contribution >= 4 is 17.1 Å². The predicted molar refractivity (Wildman–Crippen MR) is 94.6 cm³/mol. The van der Waals surface area contributed by atoms with Gasteiger partial charge in [-0.2, -0.15) is 0 Å². The zero-order valence-corrected chi connectivity index (χ0v) is 14.7. The van der Waals surface area contributed by atoms with Crippen LogP contribution in [0.4, 0.5) is 4.79 Å². The first kappa shape index (κ1) is 16.4. The van der Waals surface area contributed by atoms with E-state index in [-0.39, 0.29) is 6.09 Å². The SMILES string of the molecule is COC(=O)N1CCC(N2CCC(c3noc4ccccc34)CC2)CC1. The monoisotopic (exact) mass is 343 g/mol. The molecule has 6 nitrogen and oxygen atoms in total. The van der Waals surface area contributed by atoms with Crippen molar-refractivity contribution in [1.82, 2.24) is 15.0 Å². The Hall–Kier alpha value is -2.08. The van der Waals surface area contributed by atoms with E-state index >= 15 is 0 Å². The van der Waals surface area contributed by atoms with Crippen molar-refractivity contribution < 1.29 is 14.1 Å². The fraction of sp³-hybridized carbons (Fsp3) is 0.579. The Morgan fingerprint density at radius 1 is 1.12 bits per heavy atom. The molecule has 0 N–H and O–H groups in total. The van der Waals surface area contributed by atoms with Crippen LogP contribution >= 0.6 is 0 Å². The van der Waals surface area contributed by atoms with Crippen LogP contribution in [0, 0.1) is 0 Å². The summed E-state index contributed by atoms with van der Waals surface area (Å²) in [6.45, 7) is 3.78. The van der Waals surface area contributed by atoms with Crippen LogP contribution in [0.2, 0.25) is 0 Å². The molecule has 1 amide bonds. The maximum Gasteiger partial charge on any atom is 0.409 e. The number of piperidine rings is 2. The molecule has 2 saturated heterocycles. The number of likely N-dealkylation sites (tertiary alicyclic amines) is 2. The fourth-order valence-corrected chi connectivity index (χ4v) is 4.28. The molecule has 1 aromatic carbocycles. The largest absolute Gasteiger partial charge is 0.453 e. The van der Waals surface area contributed by atoms with Gasteiger partial charge in [-0.05, 0) is 50.9 Å². The molecule has 0 spiro atoms. The van der Waals surface area contributed by atoms with Gasteiger partial charge in [-0.3, -0.25) is 0 Å². The van der Waals surface area contributed by atoms with Crippen LogP contribution < -0.4 is 0 Å². The van der Waals surface area contributed by atoms with Gasteiger partial charge in [-0.25, -0.2) is 4.79 Å². The number of carbonyl (C=O) groups excluding carboxylic acids is 1. The summed E-state index contributed by atoms with van der Waals surface area (Å²) < 4.78 is 10.3. The van der Waals surface area contributed by atoms with E-state index in [2.05, 4.69) is 16.1 Å². The number of aromatic nitrogens is 1. The summed E-state index contributed by atoms with van der Waals surface area (Å²) in [7, 11) is 1.45. The second-order valence-corrected chi connectivity index (χ2v) is 7.06. The minimum atomic E-state index is -0.199. The van der Waals surface area contributed by atoms with E-state index in [0.29, 0.717) is 12.0 Å². The van der Waals surface area contributed by atoms with E-state index in [1.54, 1.807) is 0 Å². The molecule has 2 aromatic rings. The lowest BCUT2D eigenvalue weighted by molar-refractivity contribution is 0.0730. The van der Waals surface area contributed by atoms with E-state index in [9.17, 15) is 4.79 Å². The van der Waals surface area contributed by atoms with Gasteiger partial charge in [0.25, 0.3) is 0 Å². The maximum absolute atomic E-state index is 11.6. The summed E-state index contributed by atoms with van der Waals surface area (Å²) >= 11 is 0. The molecule has 2 aliphatic heterocycles. The van der Waals surface area contributed by atoms with Crippen molar-refractivity contribution in [3.8, 4) is 0 Å². The average Bonchev–Trinajstić information content (AvgIpc) is 3.12. The van der Waals surface area contributed by atoms with Crippen LogP contribution in [0.5, 0.6) is 0 Å². The zero-order chi connectivity index (χ0) is 17.2. The van der Waals surface area contributed by atoms with E-state index in [1.165, 1.54) is 7.11 Å². The Bertz CT molecular complexity index is 728. The number of carbonyl (C=O) groups is 1. The van der Waals surface area contributed by atoms with Gasteiger partial charge in [-0.15, -0.1) is 0 Å². The van der Waals surface area contributed by atoms with Crippen LogP contribution in [0.3, 0.4) is 0 Å². The Kier molecular flexibility index (Phi) is 4.61. The first-order valence-corrected chi connectivity index (χ1v) is 9.17. The molecule has 0 saturated carbocycles. The summed E-state index contributed by atoms with van der Waals surface area (Å²) in [5.41, 5.74) is 2.01. The van der Waals surface area contributed by atoms with Crippen LogP contribution in [-0.4, -0.2) is 60.4 Å². The molecule has 2 aliphatic rings. The fourth-order valence-electron chi connectivity index (χ4n) is 4.28. The van der Waals surface area contributed by atoms with Gasteiger partial charge in [0.05, 0.1) is 12.8 Å². The highest BCUT2D eigenvalue weighted by Gasteiger charge is 2.31. The van der Waals surface area contributed by atoms with Crippen LogP contribution in [0.25, 0.3) is 11.0 Å². The molecule has 25 heavy (non-hydrogen) atoms. The normalized spacial score (nSPS) is 20.9. The van der Waals surface area contributed by atoms with E-state index in [0.717, 1.165) is 68.5 Å². The quantitative estimate of drug-likeness (QED) is 0.838. The number of nitrogens with zero attached hydrogens (tertiary/aromatic N) is 3. The third kappa shape index (κ3) is 3.23.